The van der Waals surface area contributed by atoms with E-state index in [1.165, 1.54) is 0 Å². The molecule has 1 aliphatic rings. The van der Waals surface area contributed by atoms with Crippen LogP contribution < -0.4 is 16.0 Å². The maximum atomic E-state index is 12.2. The van der Waals surface area contributed by atoms with E-state index >= 15 is 0 Å². The smallest absolute Gasteiger partial charge is 0.272 e. The minimum atomic E-state index is -0.343. The fourth-order valence-corrected chi connectivity index (χ4v) is 3.05. The Bertz CT molecular complexity index is 765. The van der Waals surface area contributed by atoms with Gasteiger partial charge in [0.15, 0.2) is 0 Å². The van der Waals surface area contributed by atoms with E-state index in [2.05, 4.69) is 28.0 Å². The molecule has 3 N–H and O–H groups in total. The molecule has 1 saturated heterocycles. The average Bonchev–Trinajstić information content (AvgIpc) is 3.17. The number of nitrogens with zero attached hydrogens (tertiary/aromatic N) is 2. The minimum absolute atomic E-state index is 0.0902. The fourth-order valence-electron chi connectivity index (χ4n) is 3.05. The highest BCUT2D eigenvalue weighted by molar-refractivity contribution is 5.98. The lowest BCUT2D eigenvalue weighted by Gasteiger charge is -2.22. The van der Waals surface area contributed by atoms with Crippen LogP contribution in [0.15, 0.2) is 36.5 Å². The van der Waals surface area contributed by atoms with Crippen LogP contribution in [0.2, 0.25) is 0 Å². The van der Waals surface area contributed by atoms with Crippen LogP contribution in [0.5, 0.6) is 0 Å². The van der Waals surface area contributed by atoms with E-state index in [1.807, 2.05) is 35.1 Å². The summed E-state index contributed by atoms with van der Waals surface area (Å²) in [6.07, 6.45) is 4.88. The Balaban J connectivity index is 1.50. The minimum Gasteiger partial charge on any atom is -0.342 e. The number of rotatable bonds is 6. The SMILES string of the molecule is CCc1cccc(NC(=O)CNC(=O)c2ccn(C3CCCNC3)n2)c1. The zero-order chi connectivity index (χ0) is 18.4. The monoisotopic (exact) mass is 355 g/mol. The first kappa shape index (κ1) is 18.1. The zero-order valence-electron chi connectivity index (χ0n) is 15.0. The van der Waals surface area contributed by atoms with Crippen LogP contribution >= 0.6 is 0 Å². The van der Waals surface area contributed by atoms with Crippen molar-refractivity contribution in [3.63, 3.8) is 0 Å². The van der Waals surface area contributed by atoms with Crippen molar-refractivity contribution < 1.29 is 9.59 Å². The van der Waals surface area contributed by atoms with Crippen LogP contribution in [0, 0.1) is 0 Å². The maximum absolute atomic E-state index is 12.2. The van der Waals surface area contributed by atoms with Gasteiger partial charge in [0, 0.05) is 18.4 Å². The summed E-state index contributed by atoms with van der Waals surface area (Å²) in [7, 11) is 0. The average molecular weight is 355 g/mol. The van der Waals surface area contributed by atoms with E-state index in [1.54, 1.807) is 6.07 Å². The molecular formula is C19H25N5O2. The van der Waals surface area contributed by atoms with Gasteiger partial charge < -0.3 is 16.0 Å². The predicted molar refractivity (Wildman–Crippen MR) is 100 cm³/mol. The Morgan fingerprint density at radius 1 is 1.35 bits per heavy atom. The largest absolute Gasteiger partial charge is 0.342 e. The molecular weight excluding hydrogens is 330 g/mol. The normalized spacial score (nSPS) is 16.9. The predicted octanol–water partition coefficient (Wildman–Crippen LogP) is 1.74. The van der Waals surface area contributed by atoms with Crippen LogP contribution in [0.4, 0.5) is 5.69 Å². The molecule has 0 saturated carbocycles. The number of carbonyl (C=O) groups excluding carboxylic acids is 2. The molecule has 1 aromatic heterocycles. The molecule has 138 valence electrons. The van der Waals surface area contributed by atoms with Crippen molar-refractivity contribution in [1.82, 2.24) is 20.4 Å². The van der Waals surface area contributed by atoms with Gasteiger partial charge in [-0.2, -0.15) is 5.10 Å². The third-order valence-corrected chi connectivity index (χ3v) is 4.51. The summed E-state index contributed by atoms with van der Waals surface area (Å²) >= 11 is 0. The number of benzene rings is 1. The van der Waals surface area contributed by atoms with Gasteiger partial charge in [0.1, 0.15) is 5.69 Å². The van der Waals surface area contributed by atoms with Gasteiger partial charge in [0.05, 0.1) is 12.6 Å². The first-order chi connectivity index (χ1) is 12.7. The first-order valence-electron chi connectivity index (χ1n) is 9.08. The number of carbonyl (C=O) groups is 2. The third kappa shape index (κ3) is 4.70. The van der Waals surface area contributed by atoms with Gasteiger partial charge in [-0.15, -0.1) is 0 Å². The van der Waals surface area contributed by atoms with Gasteiger partial charge in [-0.05, 0) is 49.6 Å². The molecule has 0 radical (unpaired) electrons. The van der Waals surface area contributed by atoms with Gasteiger partial charge in [-0.25, -0.2) is 0 Å². The van der Waals surface area contributed by atoms with Crippen LogP contribution in [-0.2, 0) is 11.2 Å². The molecule has 0 aliphatic carbocycles. The summed E-state index contributed by atoms with van der Waals surface area (Å²) in [6.45, 7) is 3.86. The first-order valence-corrected chi connectivity index (χ1v) is 9.08. The van der Waals surface area contributed by atoms with Crippen molar-refractivity contribution >= 4 is 17.5 Å². The summed E-state index contributed by atoms with van der Waals surface area (Å²) in [5.41, 5.74) is 2.21. The molecule has 1 unspecified atom stereocenters. The molecule has 1 aliphatic heterocycles. The Hall–Kier alpha value is -2.67. The summed E-state index contributed by atoms with van der Waals surface area (Å²) in [4.78, 5) is 24.3. The number of aromatic nitrogens is 2. The van der Waals surface area contributed by atoms with Gasteiger partial charge in [-0.3, -0.25) is 14.3 Å². The molecule has 0 spiro atoms. The Kier molecular flexibility index (Phi) is 6.01. The second-order valence-corrected chi connectivity index (χ2v) is 6.47. The molecule has 1 fully saturated rings. The zero-order valence-corrected chi connectivity index (χ0v) is 15.0. The fraction of sp³-hybridized carbons (Fsp3) is 0.421. The summed E-state index contributed by atoms with van der Waals surface area (Å²) < 4.78 is 1.83. The van der Waals surface area contributed by atoms with E-state index in [0.717, 1.165) is 43.6 Å². The molecule has 2 aromatic rings. The maximum Gasteiger partial charge on any atom is 0.272 e. The number of piperidine rings is 1. The van der Waals surface area contributed by atoms with Crippen molar-refractivity contribution in [1.29, 1.82) is 0 Å². The standard InChI is InChI=1S/C19H25N5O2/c1-2-14-5-3-6-15(11-14)22-18(25)13-21-19(26)17-8-10-24(23-17)16-7-4-9-20-12-16/h3,5-6,8,10-11,16,20H,2,4,7,9,12-13H2,1H3,(H,21,26)(H,22,25). The van der Waals surface area contributed by atoms with Crippen molar-refractivity contribution in [2.24, 2.45) is 0 Å². The van der Waals surface area contributed by atoms with Crippen LogP contribution in [0.25, 0.3) is 0 Å². The van der Waals surface area contributed by atoms with E-state index < -0.39 is 0 Å². The third-order valence-electron chi connectivity index (χ3n) is 4.51. The highest BCUT2D eigenvalue weighted by Crippen LogP contribution is 2.15. The second kappa shape index (κ2) is 8.62. The quantitative estimate of drug-likeness (QED) is 0.736. The van der Waals surface area contributed by atoms with E-state index in [-0.39, 0.29) is 24.4 Å². The van der Waals surface area contributed by atoms with E-state index in [4.69, 9.17) is 0 Å². The molecule has 7 heteroatoms. The lowest BCUT2D eigenvalue weighted by atomic mass is 10.1. The van der Waals surface area contributed by atoms with Crippen LogP contribution in [0.3, 0.4) is 0 Å². The highest BCUT2D eigenvalue weighted by atomic mass is 16.2. The van der Waals surface area contributed by atoms with Crippen molar-refractivity contribution in [2.75, 3.05) is 25.0 Å². The number of amides is 2. The van der Waals surface area contributed by atoms with Gasteiger partial charge in [0.25, 0.3) is 5.91 Å². The highest BCUT2D eigenvalue weighted by Gasteiger charge is 2.18. The summed E-state index contributed by atoms with van der Waals surface area (Å²) in [5, 5.41) is 13.1. The number of hydrogen-bond acceptors (Lipinski definition) is 4. The van der Waals surface area contributed by atoms with E-state index in [0.29, 0.717) is 5.69 Å². The Morgan fingerprint density at radius 3 is 3.00 bits per heavy atom. The topological polar surface area (TPSA) is 88.0 Å². The number of hydrogen-bond donors (Lipinski definition) is 3. The summed E-state index contributed by atoms with van der Waals surface area (Å²) in [6, 6.07) is 9.64. The van der Waals surface area contributed by atoms with Gasteiger partial charge in [0.2, 0.25) is 5.91 Å². The Labute approximate surface area is 153 Å². The molecule has 1 aromatic carbocycles. The van der Waals surface area contributed by atoms with Crippen LogP contribution in [0.1, 0.15) is 41.9 Å². The molecule has 7 nitrogen and oxygen atoms in total. The molecule has 1 atom stereocenters. The summed E-state index contributed by atoms with van der Waals surface area (Å²) in [5.74, 6) is -0.604. The molecule has 3 rings (SSSR count). The van der Waals surface area contributed by atoms with E-state index in [9.17, 15) is 9.59 Å². The van der Waals surface area contributed by atoms with Gasteiger partial charge >= 0.3 is 0 Å². The number of anilines is 1. The molecule has 0 bridgehead atoms. The lowest BCUT2D eigenvalue weighted by Crippen LogP contribution is -2.34. The van der Waals surface area contributed by atoms with Crippen molar-refractivity contribution in [3.05, 3.63) is 47.8 Å². The number of nitrogens with one attached hydrogen (secondary N) is 3. The molecule has 26 heavy (non-hydrogen) atoms. The second-order valence-electron chi connectivity index (χ2n) is 6.47. The molecule has 2 heterocycles. The molecule has 2 amide bonds. The lowest BCUT2D eigenvalue weighted by molar-refractivity contribution is -0.115. The van der Waals surface area contributed by atoms with Crippen molar-refractivity contribution in [3.8, 4) is 0 Å². The van der Waals surface area contributed by atoms with Gasteiger partial charge in [-0.1, -0.05) is 19.1 Å². The Morgan fingerprint density at radius 2 is 2.23 bits per heavy atom. The van der Waals surface area contributed by atoms with Crippen molar-refractivity contribution in [2.45, 2.75) is 32.2 Å². The number of aryl methyl sites for hydroxylation is 1. The van der Waals surface area contributed by atoms with Crippen LogP contribution in [-0.4, -0.2) is 41.2 Å².